The van der Waals surface area contributed by atoms with Crippen LogP contribution >= 0.6 is 0 Å². The standard InChI is InChI=1S/C16H17NO2/c18-16(19)17-12-11-15(13-7-3-1-4-8-13)14-9-5-2-6-10-14/h1-10,15,17H,11-12H2,(H,18,19). The topological polar surface area (TPSA) is 49.3 Å². The van der Waals surface area contributed by atoms with Crippen molar-refractivity contribution < 1.29 is 9.90 Å². The summed E-state index contributed by atoms with van der Waals surface area (Å²) in [6.07, 6.45) is -0.222. The Morgan fingerprint density at radius 1 is 0.947 bits per heavy atom. The number of nitrogens with one attached hydrogen (secondary N) is 1. The van der Waals surface area contributed by atoms with Crippen molar-refractivity contribution in [1.82, 2.24) is 5.32 Å². The third-order valence-corrected chi connectivity index (χ3v) is 3.11. The molecule has 2 aromatic carbocycles. The van der Waals surface area contributed by atoms with Crippen molar-refractivity contribution in [1.29, 1.82) is 0 Å². The molecule has 1 amide bonds. The van der Waals surface area contributed by atoms with E-state index >= 15 is 0 Å². The Morgan fingerprint density at radius 3 is 1.84 bits per heavy atom. The summed E-state index contributed by atoms with van der Waals surface area (Å²) in [6.45, 7) is 0.448. The fourth-order valence-corrected chi connectivity index (χ4v) is 2.22. The lowest BCUT2D eigenvalue weighted by molar-refractivity contribution is 0.194. The molecule has 2 aromatic rings. The van der Waals surface area contributed by atoms with E-state index in [4.69, 9.17) is 5.11 Å². The molecule has 0 atom stereocenters. The zero-order chi connectivity index (χ0) is 13.5. The van der Waals surface area contributed by atoms with E-state index in [9.17, 15) is 4.79 Å². The van der Waals surface area contributed by atoms with Gasteiger partial charge in [-0.1, -0.05) is 60.7 Å². The summed E-state index contributed by atoms with van der Waals surface area (Å²) in [6, 6.07) is 20.3. The highest BCUT2D eigenvalue weighted by Gasteiger charge is 2.13. The van der Waals surface area contributed by atoms with Gasteiger partial charge < -0.3 is 10.4 Å². The van der Waals surface area contributed by atoms with Gasteiger partial charge in [-0.2, -0.15) is 0 Å². The minimum atomic E-state index is -0.972. The second-order valence-electron chi connectivity index (χ2n) is 4.39. The van der Waals surface area contributed by atoms with E-state index in [1.807, 2.05) is 36.4 Å². The highest BCUT2D eigenvalue weighted by molar-refractivity contribution is 5.64. The molecule has 0 aliphatic heterocycles. The quantitative estimate of drug-likeness (QED) is 0.859. The van der Waals surface area contributed by atoms with Crippen LogP contribution in [0.15, 0.2) is 60.7 Å². The van der Waals surface area contributed by atoms with Gasteiger partial charge in [0.25, 0.3) is 0 Å². The number of rotatable bonds is 5. The predicted octanol–water partition coefficient (Wildman–Crippen LogP) is 3.48. The summed E-state index contributed by atoms with van der Waals surface area (Å²) in [5.74, 6) is 0.217. The molecule has 2 rings (SSSR count). The molecule has 0 aromatic heterocycles. The normalized spacial score (nSPS) is 10.4. The van der Waals surface area contributed by atoms with Crippen molar-refractivity contribution >= 4 is 6.09 Å². The highest BCUT2D eigenvalue weighted by atomic mass is 16.4. The van der Waals surface area contributed by atoms with Gasteiger partial charge in [-0.3, -0.25) is 0 Å². The lowest BCUT2D eigenvalue weighted by Crippen LogP contribution is -2.23. The first-order chi connectivity index (χ1) is 9.27. The van der Waals surface area contributed by atoms with Gasteiger partial charge in [-0.25, -0.2) is 4.79 Å². The van der Waals surface area contributed by atoms with Crippen LogP contribution in [0, 0.1) is 0 Å². The Morgan fingerprint density at radius 2 is 1.42 bits per heavy atom. The Balaban J connectivity index is 2.17. The molecule has 0 aliphatic rings. The molecule has 0 saturated carbocycles. The number of hydrogen-bond acceptors (Lipinski definition) is 1. The van der Waals surface area contributed by atoms with Crippen molar-refractivity contribution in [2.24, 2.45) is 0 Å². The maximum atomic E-state index is 10.5. The van der Waals surface area contributed by atoms with Crippen molar-refractivity contribution in [3.05, 3.63) is 71.8 Å². The third-order valence-electron chi connectivity index (χ3n) is 3.11. The molecule has 0 aliphatic carbocycles. The average molecular weight is 255 g/mol. The number of amides is 1. The van der Waals surface area contributed by atoms with Crippen molar-refractivity contribution in [3.63, 3.8) is 0 Å². The number of carbonyl (C=O) groups is 1. The Labute approximate surface area is 112 Å². The molecule has 19 heavy (non-hydrogen) atoms. The molecule has 3 heteroatoms. The zero-order valence-electron chi connectivity index (χ0n) is 10.6. The fourth-order valence-electron chi connectivity index (χ4n) is 2.22. The summed E-state index contributed by atoms with van der Waals surface area (Å²) in [5.41, 5.74) is 2.42. The zero-order valence-corrected chi connectivity index (χ0v) is 10.6. The largest absolute Gasteiger partial charge is 0.465 e. The van der Waals surface area contributed by atoms with Gasteiger partial charge in [0, 0.05) is 12.5 Å². The van der Waals surface area contributed by atoms with Crippen LogP contribution in [0.3, 0.4) is 0 Å². The molecule has 0 saturated heterocycles. The second kappa shape index (κ2) is 6.59. The summed E-state index contributed by atoms with van der Waals surface area (Å²) in [7, 11) is 0. The SMILES string of the molecule is O=C(O)NCCC(c1ccccc1)c1ccccc1. The second-order valence-corrected chi connectivity index (χ2v) is 4.39. The lowest BCUT2D eigenvalue weighted by atomic mass is 9.88. The van der Waals surface area contributed by atoms with Crippen LogP contribution in [0.1, 0.15) is 23.5 Å². The maximum absolute atomic E-state index is 10.5. The molecule has 2 N–H and O–H groups in total. The molecule has 0 radical (unpaired) electrons. The van der Waals surface area contributed by atoms with Crippen LogP contribution in [-0.2, 0) is 0 Å². The average Bonchev–Trinajstić information content (AvgIpc) is 2.45. The van der Waals surface area contributed by atoms with Gasteiger partial charge in [0.15, 0.2) is 0 Å². The van der Waals surface area contributed by atoms with Crippen LogP contribution in [0.25, 0.3) is 0 Å². The summed E-state index contributed by atoms with van der Waals surface area (Å²) in [4.78, 5) is 10.5. The van der Waals surface area contributed by atoms with E-state index in [-0.39, 0.29) is 5.92 Å². The molecular formula is C16H17NO2. The van der Waals surface area contributed by atoms with Gasteiger partial charge in [0.1, 0.15) is 0 Å². The third kappa shape index (κ3) is 3.85. The minimum absolute atomic E-state index is 0.217. The first-order valence-corrected chi connectivity index (χ1v) is 6.34. The summed E-state index contributed by atoms with van der Waals surface area (Å²) < 4.78 is 0. The Bertz CT molecular complexity index is 471. The number of carboxylic acid groups (broad SMARTS) is 1. The van der Waals surface area contributed by atoms with Crippen molar-refractivity contribution in [2.45, 2.75) is 12.3 Å². The van der Waals surface area contributed by atoms with E-state index in [0.717, 1.165) is 6.42 Å². The predicted molar refractivity (Wildman–Crippen MR) is 75.4 cm³/mol. The van der Waals surface area contributed by atoms with E-state index in [0.29, 0.717) is 6.54 Å². The Kier molecular flexibility index (Phi) is 4.56. The van der Waals surface area contributed by atoms with Crippen LogP contribution in [0.2, 0.25) is 0 Å². The molecular weight excluding hydrogens is 238 g/mol. The fraction of sp³-hybridized carbons (Fsp3) is 0.188. The molecule has 0 bridgehead atoms. The van der Waals surface area contributed by atoms with Crippen LogP contribution in [-0.4, -0.2) is 17.7 Å². The lowest BCUT2D eigenvalue weighted by Gasteiger charge is -2.18. The van der Waals surface area contributed by atoms with E-state index < -0.39 is 6.09 Å². The van der Waals surface area contributed by atoms with Gasteiger partial charge in [-0.05, 0) is 17.5 Å². The van der Waals surface area contributed by atoms with Crippen molar-refractivity contribution in [3.8, 4) is 0 Å². The van der Waals surface area contributed by atoms with Crippen LogP contribution in [0.4, 0.5) is 4.79 Å². The van der Waals surface area contributed by atoms with Crippen LogP contribution < -0.4 is 5.32 Å². The molecule has 98 valence electrons. The number of benzene rings is 2. The van der Waals surface area contributed by atoms with Gasteiger partial charge in [0.05, 0.1) is 0 Å². The molecule has 0 fully saturated rings. The first-order valence-electron chi connectivity index (χ1n) is 6.34. The molecule has 0 heterocycles. The summed E-state index contributed by atoms with van der Waals surface area (Å²) >= 11 is 0. The monoisotopic (exact) mass is 255 g/mol. The maximum Gasteiger partial charge on any atom is 0.404 e. The summed E-state index contributed by atoms with van der Waals surface area (Å²) in [5, 5.41) is 11.1. The molecule has 3 nitrogen and oxygen atoms in total. The van der Waals surface area contributed by atoms with Crippen LogP contribution in [0.5, 0.6) is 0 Å². The highest BCUT2D eigenvalue weighted by Crippen LogP contribution is 2.27. The smallest absolute Gasteiger partial charge is 0.404 e. The minimum Gasteiger partial charge on any atom is -0.465 e. The first kappa shape index (κ1) is 13.1. The van der Waals surface area contributed by atoms with E-state index in [1.54, 1.807) is 0 Å². The van der Waals surface area contributed by atoms with E-state index in [1.165, 1.54) is 11.1 Å². The Hall–Kier alpha value is -2.29. The molecule has 0 unspecified atom stereocenters. The van der Waals surface area contributed by atoms with E-state index in [2.05, 4.69) is 29.6 Å². The van der Waals surface area contributed by atoms with Gasteiger partial charge in [0.2, 0.25) is 0 Å². The molecule has 0 spiro atoms. The van der Waals surface area contributed by atoms with Gasteiger partial charge >= 0.3 is 6.09 Å². The van der Waals surface area contributed by atoms with Gasteiger partial charge in [-0.15, -0.1) is 0 Å². The van der Waals surface area contributed by atoms with Crippen molar-refractivity contribution in [2.75, 3.05) is 6.54 Å². The number of hydrogen-bond donors (Lipinski definition) is 2.